The van der Waals surface area contributed by atoms with Crippen molar-refractivity contribution in [3.63, 3.8) is 0 Å². The highest BCUT2D eigenvalue weighted by atomic mass is 19.1. The van der Waals surface area contributed by atoms with Gasteiger partial charge in [-0.05, 0) is 56.0 Å². The Morgan fingerprint density at radius 2 is 1.81 bits per heavy atom. The maximum absolute atomic E-state index is 13.3. The second-order valence-electron chi connectivity index (χ2n) is 7.54. The van der Waals surface area contributed by atoms with Crippen molar-refractivity contribution in [3.8, 4) is 5.75 Å². The standard InChI is InChI=1S/C24H29FN2O4/c1-2-31-21-7-4-3-6-20(21)23(29)26-15-5-8-22(28)27-24(13-16-30-17-14-24)18-9-11-19(25)12-10-18/h3-4,6-7,9-12H,2,5,8,13-17H2,1H3,(H,26,29)(H,27,28). The van der Waals surface area contributed by atoms with Crippen LogP contribution in [0.4, 0.5) is 4.39 Å². The van der Waals surface area contributed by atoms with Crippen LogP contribution in [0.1, 0.15) is 48.5 Å². The fourth-order valence-electron chi connectivity index (χ4n) is 3.79. The van der Waals surface area contributed by atoms with Gasteiger partial charge in [-0.2, -0.15) is 0 Å². The van der Waals surface area contributed by atoms with E-state index >= 15 is 0 Å². The Hall–Kier alpha value is -2.93. The van der Waals surface area contributed by atoms with Gasteiger partial charge >= 0.3 is 0 Å². The van der Waals surface area contributed by atoms with Crippen molar-refractivity contribution in [1.29, 1.82) is 0 Å². The van der Waals surface area contributed by atoms with Gasteiger partial charge < -0.3 is 20.1 Å². The predicted octanol–water partition coefficient (Wildman–Crippen LogP) is 3.56. The van der Waals surface area contributed by atoms with Crippen molar-refractivity contribution in [2.24, 2.45) is 0 Å². The molecule has 2 N–H and O–H groups in total. The van der Waals surface area contributed by atoms with Gasteiger partial charge in [0.1, 0.15) is 11.6 Å². The Kier molecular flexibility index (Phi) is 8.00. The number of amides is 2. The molecule has 0 aromatic heterocycles. The Morgan fingerprint density at radius 1 is 1.10 bits per heavy atom. The second-order valence-corrected chi connectivity index (χ2v) is 7.54. The number of carbonyl (C=O) groups is 2. The average Bonchev–Trinajstić information content (AvgIpc) is 2.78. The summed E-state index contributed by atoms with van der Waals surface area (Å²) in [5.41, 5.74) is 0.806. The molecule has 166 valence electrons. The molecule has 1 saturated heterocycles. The van der Waals surface area contributed by atoms with Crippen LogP contribution in [0.5, 0.6) is 5.75 Å². The van der Waals surface area contributed by atoms with E-state index in [1.165, 1.54) is 12.1 Å². The van der Waals surface area contributed by atoms with Crippen LogP contribution in [0.15, 0.2) is 48.5 Å². The van der Waals surface area contributed by atoms with Crippen molar-refractivity contribution in [2.75, 3.05) is 26.4 Å². The fourth-order valence-corrected chi connectivity index (χ4v) is 3.79. The molecular formula is C24H29FN2O4. The minimum absolute atomic E-state index is 0.102. The van der Waals surface area contributed by atoms with Gasteiger partial charge in [-0.3, -0.25) is 9.59 Å². The minimum Gasteiger partial charge on any atom is -0.493 e. The molecule has 0 spiro atoms. The lowest BCUT2D eigenvalue weighted by molar-refractivity contribution is -0.124. The largest absolute Gasteiger partial charge is 0.493 e. The summed E-state index contributed by atoms with van der Waals surface area (Å²) in [4.78, 5) is 25.1. The number of ether oxygens (including phenoxy) is 2. The molecule has 2 aromatic carbocycles. The molecule has 0 saturated carbocycles. The Balaban J connectivity index is 1.52. The van der Waals surface area contributed by atoms with Gasteiger partial charge in [0.05, 0.1) is 17.7 Å². The normalized spacial score (nSPS) is 15.2. The highest BCUT2D eigenvalue weighted by Crippen LogP contribution is 2.32. The molecule has 0 bridgehead atoms. The third kappa shape index (κ3) is 6.04. The first kappa shape index (κ1) is 22.7. The molecule has 31 heavy (non-hydrogen) atoms. The van der Waals surface area contributed by atoms with E-state index in [1.54, 1.807) is 30.3 Å². The average molecular weight is 429 g/mol. The highest BCUT2D eigenvalue weighted by molar-refractivity contribution is 5.96. The number of rotatable bonds is 9. The van der Waals surface area contributed by atoms with E-state index in [-0.39, 0.29) is 24.1 Å². The first-order valence-corrected chi connectivity index (χ1v) is 10.7. The SMILES string of the molecule is CCOc1ccccc1C(=O)NCCCC(=O)NC1(c2ccc(F)cc2)CCOCC1. The second kappa shape index (κ2) is 10.9. The number of hydrogen-bond donors (Lipinski definition) is 2. The zero-order valence-corrected chi connectivity index (χ0v) is 17.8. The van der Waals surface area contributed by atoms with E-state index in [0.29, 0.717) is 56.9 Å². The molecule has 1 aliphatic heterocycles. The topological polar surface area (TPSA) is 76.7 Å². The van der Waals surface area contributed by atoms with E-state index in [4.69, 9.17) is 9.47 Å². The molecule has 0 atom stereocenters. The zero-order chi connectivity index (χ0) is 22.1. The Bertz CT molecular complexity index is 879. The van der Waals surface area contributed by atoms with E-state index in [1.807, 2.05) is 13.0 Å². The first-order chi connectivity index (χ1) is 15.0. The Labute approximate surface area is 182 Å². The number of nitrogens with one attached hydrogen (secondary N) is 2. The summed E-state index contributed by atoms with van der Waals surface area (Å²) in [5, 5.41) is 5.98. The molecule has 1 fully saturated rings. The molecule has 0 radical (unpaired) electrons. The quantitative estimate of drug-likeness (QED) is 0.599. The van der Waals surface area contributed by atoms with Crippen LogP contribution < -0.4 is 15.4 Å². The van der Waals surface area contributed by atoms with Crippen molar-refractivity contribution in [3.05, 3.63) is 65.5 Å². The molecule has 6 nitrogen and oxygen atoms in total. The van der Waals surface area contributed by atoms with Crippen LogP contribution in [0.25, 0.3) is 0 Å². The summed E-state index contributed by atoms with van der Waals surface area (Å²) in [6, 6.07) is 13.3. The van der Waals surface area contributed by atoms with Gasteiger partial charge in [-0.15, -0.1) is 0 Å². The lowest BCUT2D eigenvalue weighted by Gasteiger charge is -2.38. The van der Waals surface area contributed by atoms with Crippen LogP contribution in [-0.2, 0) is 15.1 Å². The first-order valence-electron chi connectivity index (χ1n) is 10.7. The Morgan fingerprint density at radius 3 is 2.52 bits per heavy atom. The van der Waals surface area contributed by atoms with Gasteiger partial charge in [0, 0.05) is 26.2 Å². The molecule has 3 rings (SSSR count). The zero-order valence-electron chi connectivity index (χ0n) is 17.8. The van der Waals surface area contributed by atoms with Crippen molar-refractivity contribution in [2.45, 2.75) is 38.1 Å². The fraction of sp³-hybridized carbons (Fsp3) is 0.417. The number of halogens is 1. The molecule has 0 unspecified atom stereocenters. The lowest BCUT2D eigenvalue weighted by Crippen LogP contribution is -2.49. The molecule has 0 aliphatic carbocycles. The summed E-state index contributed by atoms with van der Waals surface area (Å²) >= 11 is 0. The van der Waals surface area contributed by atoms with Crippen molar-refractivity contribution in [1.82, 2.24) is 10.6 Å². The van der Waals surface area contributed by atoms with E-state index < -0.39 is 5.54 Å². The number of benzene rings is 2. The van der Waals surface area contributed by atoms with Crippen LogP contribution >= 0.6 is 0 Å². The molecule has 2 aromatic rings. The van der Waals surface area contributed by atoms with Gasteiger partial charge in [-0.25, -0.2) is 4.39 Å². The molecule has 1 aliphatic rings. The highest BCUT2D eigenvalue weighted by Gasteiger charge is 2.35. The minimum atomic E-state index is -0.553. The van der Waals surface area contributed by atoms with Gasteiger partial charge in [0.25, 0.3) is 5.91 Å². The number of para-hydroxylation sites is 1. The summed E-state index contributed by atoms with van der Waals surface area (Å²) in [7, 11) is 0. The van der Waals surface area contributed by atoms with Gasteiger partial charge in [-0.1, -0.05) is 24.3 Å². The van der Waals surface area contributed by atoms with E-state index in [2.05, 4.69) is 10.6 Å². The predicted molar refractivity (Wildman–Crippen MR) is 115 cm³/mol. The monoisotopic (exact) mass is 428 g/mol. The summed E-state index contributed by atoms with van der Waals surface area (Å²) < 4.78 is 24.3. The molecule has 1 heterocycles. The van der Waals surface area contributed by atoms with Crippen LogP contribution in [0, 0.1) is 5.82 Å². The summed E-state index contributed by atoms with van der Waals surface area (Å²) in [6.07, 6.45) is 2.05. The summed E-state index contributed by atoms with van der Waals surface area (Å²) in [5.74, 6) is -0.0909. The molecular weight excluding hydrogens is 399 g/mol. The number of carbonyl (C=O) groups excluding carboxylic acids is 2. The smallest absolute Gasteiger partial charge is 0.255 e. The van der Waals surface area contributed by atoms with Crippen molar-refractivity contribution < 1.29 is 23.5 Å². The van der Waals surface area contributed by atoms with Crippen LogP contribution in [0.2, 0.25) is 0 Å². The summed E-state index contributed by atoms with van der Waals surface area (Å²) in [6.45, 7) is 3.79. The maximum atomic E-state index is 13.3. The third-order valence-corrected chi connectivity index (χ3v) is 5.42. The molecule has 2 amide bonds. The lowest BCUT2D eigenvalue weighted by atomic mass is 9.82. The van der Waals surface area contributed by atoms with E-state index in [0.717, 1.165) is 5.56 Å². The van der Waals surface area contributed by atoms with Gasteiger partial charge in [0.15, 0.2) is 0 Å². The number of hydrogen-bond acceptors (Lipinski definition) is 4. The van der Waals surface area contributed by atoms with E-state index in [9.17, 15) is 14.0 Å². The van der Waals surface area contributed by atoms with Crippen LogP contribution in [-0.4, -0.2) is 38.2 Å². The molecule has 7 heteroatoms. The maximum Gasteiger partial charge on any atom is 0.255 e. The third-order valence-electron chi connectivity index (χ3n) is 5.42. The van der Waals surface area contributed by atoms with Gasteiger partial charge in [0.2, 0.25) is 5.91 Å². The van der Waals surface area contributed by atoms with Crippen molar-refractivity contribution >= 4 is 11.8 Å². The van der Waals surface area contributed by atoms with Crippen LogP contribution in [0.3, 0.4) is 0 Å².